The molecule has 0 heterocycles. The van der Waals surface area contributed by atoms with Gasteiger partial charge in [0.05, 0.1) is 12.6 Å². The second-order valence-electron chi connectivity index (χ2n) is 7.95. The van der Waals surface area contributed by atoms with E-state index in [-0.39, 0.29) is 24.3 Å². The third kappa shape index (κ3) is 6.76. The summed E-state index contributed by atoms with van der Waals surface area (Å²) in [5, 5.41) is 8.54. The Kier molecular flexibility index (Phi) is 8.54. The van der Waals surface area contributed by atoms with E-state index in [1.807, 2.05) is 66.4 Å². The molecule has 0 aromatic heterocycles. The van der Waals surface area contributed by atoms with E-state index >= 15 is 0 Å². The first-order valence-corrected chi connectivity index (χ1v) is 11.2. The molecule has 0 aliphatic heterocycles. The lowest BCUT2D eigenvalue weighted by Gasteiger charge is -2.26. The summed E-state index contributed by atoms with van der Waals surface area (Å²) in [7, 11) is 0. The van der Waals surface area contributed by atoms with Crippen molar-refractivity contribution in [2.24, 2.45) is 0 Å². The van der Waals surface area contributed by atoms with E-state index in [0.717, 1.165) is 16.8 Å². The van der Waals surface area contributed by atoms with Gasteiger partial charge in [0.2, 0.25) is 17.7 Å². The Morgan fingerprint density at radius 1 is 0.794 bits per heavy atom. The van der Waals surface area contributed by atoms with Crippen molar-refractivity contribution in [2.75, 3.05) is 29.0 Å². The van der Waals surface area contributed by atoms with Crippen LogP contribution in [0.4, 0.5) is 17.1 Å². The summed E-state index contributed by atoms with van der Waals surface area (Å²) >= 11 is 0. The standard InChI is InChI=1S/C27H30N4O3/c1-4-31(18-26(33)29-23-16-14-22(15-17-23)28-20(3)32)19(2)27(34)30-25-13-9-8-12-24(25)21-10-6-5-7-11-21/h5-17,19H,4,18H2,1-3H3,(H,28,32)(H,29,33)(H,30,34). The highest BCUT2D eigenvalue weighted by atomic mass is 16.2. The molecule has 176 valence electrons. The van der Waals surface area contributed by atoms with Crippen LogP contribution < -0.4 is 16.0 Å². The highest BCUT2D eigenvalue weighted by Crippen LogP contribution is 2.27. The summed E-state index contributed by atoms with van der Waals surface area (Å²) < 4.78 is 0. The quantitative estimate of drug-likeness (QED) is 0.437. The van der Waals surface area contributed by atoms with Crippen LogP contribution in [0.15, 0.2) is 78.9 Å². The number of carbonyl (C=O) groups excluding carboxylic acids is 3. The first-order valence-electron chi connectivity index (χ1n) is 11.2. The molecule has 0 spiro atoms. The summed E-state index contributed by atoms with van der Waals surface area (Å²) in [4.78, 5) is 38.6. The maximum atomic E-state index is 13.0. The number of nitrogens with one attached hydrogen (secondary N) is 3. The van der Waals surface area contributed by atoms with Gasteiger partial charge in [0, 0.05) is 29.5 Å². The van der Waals surface area contributed by atoms with Crippen molar-refractivity contribution in [1.29, 1.82) is 0 Å². The van der Waals surface area contributed by atoms with Crippen molar-refractivity contribution in [2.45, 2.75) is 26.8 Å². The Morgan fingerprint density at radius 3 is 2.00 bits per heavy atom. The molecule has 0 aliphatic rings. The number of carbonyl (C=O) groups is 3. The van der Waals surface area contributed by atoms with Crippen molar-refractivity contribution < 1.29 is 14.4 Å². The molecule has 3 aromatic carbocycles. The summed E-state index contributed by atoms with van der Waals surface area (Å²) in [6, 6.07) is 23.9. The molecule has 0 bridgehead atoms. The van der Waals surface area contributed by atoms with Crippen LogP contribution in [0, 0.1) is 0 Å². The Hall–Kier alpha value is -3.97. The Morgan fingerprint density at radius 2 is 1.38 bits per heavy atom. The van der Waals surface area contributed by atoms with Gasteiger partial charge in [0.15, 0.2) is 0 Å². The predicted octanol–water partition coefficient (Wildman–Crippen LogP) is 4.60. The molecule has 0 fully saturated rings. The van der Waals surface area contributed by atoms with E-state index in [1.165, 1.54) is 6.92 Å². The van der Waals surface area contributed by atoms with E-state index < -0.39 is 6.04 Å². The molecule has 7 heteroatoms. The SMILES string of the molecule is CCN(CC(=O)Nc1ccc(NC(C)=O)cc1)C(C)C(=O)Nc1ccccc1-c1ccccc1. The number of likely N-dealkylation sites (N-methyl/N-ethyl adjacent to an activating group) is 1. The minimum Gasteiger partial charge on any atom is -0.326 e. The molecular weight excluding hydrogens is 428 g/mol. The van der Waals surface area contributed by atoms with Gasteiger partial charge in [-0.3, -0.25) is 19.3 Å². The van der Waals surface area contributed by atoms with Crippen LogP contribution in [-0.2, 0) is 14.4 Å². The third-order valence-electron chi connectivity index (χ3n) is 5.44. The van der Waals surface area contributed by atoms with Crippen LogP contribution in [-0.4, -0.2) is 41.8 Å². The molecule has 1 atom stereocenters. The van der Waals surface area contributed by atoms with Crippen LogP contribution >= 0.6 is 0 Å². The van der Waals surface area contributed by atoms with Gasteiger partial charge in [0.25, 0.3) is 0 Å². The minimum atomic E-state index is -0.512. The molecule has 3 aromatic rings. The molecule has 34 heavy (non-hydrogen) atoms. The Balaban J connectivity index is 1.62. The lowest BCUT2D eigenvalue weighted by atomic mass is 10.0. The van der Waals surface area contributed by atoms with Gasteiger partial charge in [-0.15, -0.1) is 0 Å². The van der Waals surface area contributed by atoms with Crippen molar-refractivity contribution in [3.8, 4) is 11.1 Å². The summed E-state index contributed by atoms with van der Waals surface area (Å²) in [6.07, 6.45) is 0. The predicted molar refractivity (Wildman–Crippen MR) is 137 cm³/mol. The van der Waals surface area contributed by atoms with Gasteiger partial charge in [-0.05, 0) is 49.4 Å². The minimum absolute atomic E-state index is 0.0683. The number of amides is 3. The summed E-state index contributed by atoms with van der Waals surface area (Å²) in [5.41, 5.74) is 3.95. The highest BCUT2D eigenvalue weighted by molar-refractivity contribution is 5.99. The molecule has 0 aliphatic carbocycles. The van der Waals surface area contributed by atoms with Crippen molar-refractivity contribution >= 4 is 34.8 Å². The van der Waals surface area contributed by atoms with E-state index in [1.54, 1.807) is 31.2 Å². The number of hydrogen-bond donors (Lipinski definition) is 3. The van der Waals surface area contributed by atoms with Crippen molar-refractivity contribution in [3.63, 3.8) is 0 Å². The first-order chi connectivity index (χ1) is 16.4. The van der Waals surface area contributed by atoms with E-state index in [4.69, 9.17) is 0 Å². The van der Waals surface area contributed by atoms with Crippen LogP contribution in [0.1, 0.15) is 20.8 Å². The number of para-hydroxylation sites is 1. The average molecular weight is 459 g/mol. The van der Waals surface area contributed by atoms with Crippen LogP contribution in [0.5, 0.6) is 0 Å². The maximum Gasteiger partial charge on any atom is 0.241 e. The molecule has 3 N–H and O–H groups in total. The molecule has 0 saturated carbocycles. The number of hydrogen-bond acceptors (Lipinski definition) is 4. The molecule has 0 radical (unpaired) electrons. The lowest BCUT2D eigenvalue weighted by Crippen LogP contribution is -2.45. The summed E-state index contributed by atoms with van der Waals surface area (Å²) in [5.74, 6) is -0.565. The number of nitrogens with zero attached hydrogens (tertiary/aromatic N) is 1. The highest BCUT2D eigenvalue weighted by Gasteiger charge is 2.23. The third-order valence-corrected chi connectivity index (χ3v) is 5.44. The molecule has 3 rings (SSSR count). The molecule has 0 saturated heterocycles. The fourth-order valence-electron chi connectivity index (χ4n) is 3.61. The number of rotatable bonds is 9. The zero-order valence-corrected chi connectivity index (χ0v) is 19.7. The zero-order valence-electron chi connectivity index (χ0n) is 19.7. The monoisotopic (exact) mass is 458 g/mol. The van der Waals surface area contributed by atoms with Gasteiger partial charge in [0.1, 0.15) is 0 Å². The number of anilines is 3. The second-order valence-corrected chi connectivity index (χ2v) is 7.95. The van der Waals surface area contributed by atoms with E-state index in [2.05, 4.69) is 16.0 Å². The maximum absolute atomic E-state index is 13.0. The summed E-state index contributed by atoms with van der Waals surface area (Å²) in [6.45, 7) is 5.74. The topological polar surface area (TPSA) is 90.5 Å². The van der Waals surface area contributed by atoms with Gasteiger partial charge < -0.3 is 16.0 Å². The largest absolute Gasteiger partial charge is 0.326 e. The van der Waals surface area contributed by atoms with Gasteiger partial charge >= 0.3 is 0 Å². The van der Waals surface area contributed by atoms with Gasteiger partial charge in [-0.25, -0.2) is 0 Å². The fourth-order valence-corrected chi connectivity index (χ4v) is 3.61. The second kappa shape index (κ2) is 11.8. The molecular formula is C27H30N4O3. The Bertz CT molecular complexity index is 1130. The zero-order chi connectivity index (χ0) is 24.5. The number of benzene rings is 3. The molecule has 1 unspecified atom stereocenters. The van der Waals surface area contributed by atoms with Crippen LogP contribution in [0.25, 0.3) is 11.1 Å². The van der Waals surface area contributed by atoms with Gasteiger partial charge in [-0.2, -0.15) is 0 Å². The normalized spacial score (nSPS) is 11.5. The fraction of sp³-hybridized carbons (Fsp3) is 0.222. The van der Waals surface area contributed by atoms with Crippen molar-refractivity contribution in [3.05, 3.63) is 78.9 Å². The smallest absolute Gasteiger partial charge is 0.241 e. The van der Waals surface area contributed by atoms with Crippen molar-refractivity contribution in [1.82, 2.24) is 4.90 Å². The van der Waals surface area contributed by atoms with Crippen LogP contribution in [0.2, 0.25) is 0 Å². The Labute approximate surface area is 200 Å². The van der Waals surface area contributed by atoms with Crippen LogP contribution in [0.3, 0.4) is 0 Å². The van der Waals surface area contributed by atoms with Gasteiger partial charge in [-0.1, -0.05) is 55.5 Å². The molecule has 3 amide bonds. The lowest BCUT2D eigenvalue weighted by molar-refractivity contribution is -0.123. The average Bonchev–Trinajstić information content (AvgIpc) is 2.84. The van der Waals surface area contributed by atoms with E-state index in [0.29, 0.717) is 17.9 Å². The molecule has 7 nitrogen and oxygen atoms in total. The first kappa shape index (κ1) is 24.7. The van der Waals surface area contributed by atoms with E-state index in [9.17, 15) is 14.4 Å².